The van der Waals surface area contributed by atoms with Crippen LogP contribution in [0.1, 0.15) is 10.4 Å². The minimum atomic E-state index is -0.615. The third kappa shape index (κ3) is 3.95. The summed E-state index contributed by atoms with van der Waals surface area (Å²) >= 11 is 7.62. The van der Waals surface area contributed by atoms with Crippen molar-refractivity contribution in [3.63, 3.8) is 0 Å². The number of anilines is 1. The first-order valence-corrected chi connectivity index (χ1v) is 9.54. The molecule has 1 amide bonds. The molecular weight excluding hydrogens is 404 g/mol. The van der Waals surface area contributed by atoms with Crippen molar-refractivity contribution < 1.29 is 14.5 Å². The Hall–Kier alpha value is -3.04. The number of aromatic nitrogens is 2. The molecule has 3 rings (SSSR count). The van der Waals surface area contributed by atoms with Crippen LogP contribution >= 0.6 is 23.4 Å². The molecule has 0 saturated heterocycles. The monoisotopic (exact) mass is 418 g/mol. The van der Waals surface area contributed by atoms with Gasteiger partial charge in [-0.05, 0) is 30.5 Å². The summed E-state index contributed by atoms with van der Waals surface area (Å²) in [5.41, 5.74) is 0.699. The second kappa shape index (κ2) is 8.32. The molecule has 1 N–H and O–H groups in total. The fourth-order valence-corrected chi connectivity index (χ4v) is 3.45. The predicted octanol–water partition coefficient (Wildman–Crippen LogP) is 4.42. The van der Waals surface area contributed by atoms with Crippen molar-refractivity contribution in [2.24, 2.45) is 0 Å². The van der Waals surface area contributed by atoms with Crippen molar-refractivity contribution >= 4 is 40.6 Å². The zero-order valence-electron chi connectivity index (χ0n) is 14.9. The number of imidazole rings is 1. The van der Waals surface area contributed by atoms with E-state index in [2.05, 4.69) is 10.3 Å². The average molecular weight is 419 g/mol. The summed E-state index contributed by atoms with van der Waals surface area (Å²) in [4.78, 5) is 28.1. The van der Waals surface area contributed by atoms with Crippen LogP contribution in [-0.4, -0.2) is 33.7 Å². The standard InChI is InChI=1S/C18H15ClN4O4S/c1-27-16-9-15(23(25)26)12(8-17(16)28-2)18(24)21-11-3-4-14(13(19)7-11)22-6-5-20-10-22/h3-10H,1-2H3,(H,21,24). The Morgan fingerprint density at radius 2 is 2.14 bits per heavy atom. The molecule has 0 spiro atoms. The number of benzene rings is 2. The Labute approximate surface area is 169 Å². The van der Waals surface area contributed by atoms with Gasteiger partial charge in [0, 0.05) is 18.1 Å². The van der Waals surface area contributed by atoms with Crippen LogP contribution in [0, 0.1) is 10.1 Å². The topological polar surface area (TPSA) is 99.3 Å². The smallest absolute Gasteiger partial charge is 0.285 e. The minimum Gasteiger partial charge on any atom is -0.495 e. The largest absolute Gasteiger partial charge is 0.495 e. The average Bonchev–Trinajstić information content (AvgIpc) is 3.21. The Kier molecular flexibility index (Phi) is 5.86. The van der Waals surface area contributed by atoms with E-state index in [1.54, 1.807) is 47.7 Å². The van der Waals surface area contributed by atoms with Gasteiger partial charge in [0.25, 0.3) is 11.6 Å². The summed E-state index contributed by atoms with van der Waals surface area (Å²) in [5.74, 6) is -0.278. The molecule has 0 aliphatic carbocycles. The number of hydrogen-bond donors (Lipinski definition) is 1. The number of halogens is 1. The second-order valence-corrected chi connectivity index (χ2v) is 6.83. The van der Waals surface area contributed by atoms with Gasteiger partial charge >= 0.3 is 0 Å². The van der Waals surface area contributed by atoms with Crippen LogP contribution < -0.4 is 10.1 Å². The van der Waals surface area contributed by atoms with E-state index in [0.29, 0.717) is 27.0 Å². The van der Waals surface area contributed by atoms with Gasteiger partial charge in [0.05, 0.1) is 40.0 Å². The number of nitro benzene ring substituents is 1. The van der Waals surface area contributed by atoms with E-state index in [9.17, 15) is 14.9 Å². The van der Waals surface area contributed by atoms with Crippen molar-refractivity contribution in [1.29, 1.82) is 0 Å². The van der Waals surface area contributed by atoms with E-state index in [1.807, 2.05) is 0 Å². The summed E-state index contributed by atoms with van der Waals surface area (Å²) < 4.78 is 6.89. The first-order chi connectivity index (χ1) is 13.4. The molecule has 144 valence electrons. The maximum Gasteiger partial charge on any atom is 0.285 e. The van der Waals surface area contributed by atoms with Crippen LogP contribution in [0.25, 0.3) is 5.69 Å². The molecule has 1 heterocycles. The molecule has 10 heteroatoms. The summed E-state index contributed by atoms with van der Waals surface area (Å²) in [6.07, 6.45) is 6.76. The minimum absolute atomic E-state index is 0.0649. The molecule has 0 unspecified atom stereocenters. The molecule has 0 atom stereocenters. The lowest BCUT2D eigenvalue weighted by Gasteiger charge is -2.12. The number of thioether (sulfide) groups is 1. The highest BCUT2D eigenvalue weighted by molar-refractivity contribution is 7.98. The molecule has 3 aromatic rings. The van der Waals surface area contributed by atoms with Crippen molar-refractivity contribution in [1.82, 2.24) is 9.55 Å². The van der Waals surface area contributed by atoms with Crippen molar-refractivity contribution in [2.45, 2.75) is 4.90 Å². The third-order valence-electron chi connectivity index (χ3n) is 3.93. The molecule has 28 heavy (non-hydrogen) atoms. The Balaban J connectivity index is 1.93. The molecule has 0 radical (unpaired) electrons. The highest BCUT2D eigenvalue weighted by Crippen LogP contribution is 2.35. The predicted molar refractivity (Wildman–Crippen MR) is 108 cm³/mol. The fraction of sp³-hybridized carbons (Fsp3) is 0.111. The number of amides is 1. The van der Waals surface area contributed by atoms with Gasteiger partial charge in [-0.3, -0.25) is 14.9 Å². The molecule has 0 aliphatic rings. The number of carbonyl (C=O) groups is 1. The molecule has 0 aliphatic heterocycles. The lowest BCUT2D eigenvalue weighted by Crippen LogP contribution is -2.14. The van der Waals surface area contributed by atoms with Crippen LogP contribution in [0.5, 0.6) is 5.75 Å². The van der Waals surface area contributed by atoms with Gasteiger partial charge in [-0.25, -0.2) is 4.98 Å². The first kappa shape index (κ1) is 19.7. The van der Waals surface area contributed by atoms with E-state index in [4.69, 9.17) is 16.3 Å². The third-order valence-corrected chi connectivity index (χ3v) is 4.99. The van der Waals surface area contributed by atoms with E-state index in [0.717, 1.165) is 0 Å². The molecule has 0 fully saturated rings. The lowest BCUT2D eigenvalue weighted by molar-refractivity contribution is -0.385. The Morgan fingerprint density at radius 3 is 2.71 bits per heavy atom. The summed E-state index contributed by atoms with van der Waals surface area (Å²) in [7, 11) is 1.42. The fourth-order valence-electron chi connectivity index (χ4n) is 2.60. The van der Waals surface area contributed by atoms with Gasteiger partial charge in [-0.15, -0.1) is 11.8 Å². The number of nitro groups is 1. The van der Waals surface area contributed by atoms with Crippen LogP contribution in [0.15, 0.2) is 53.9 Å². The first-order valence-electron chi connectivity index (χ1n) is 7.94. The van der Waals surface area contributed by atoms with Gasteiger partial charge < -0.3 is 14.6 Å². The number of methoxy groups -OCH3 is 1. The van der Waals surface area contributed by atoms with Crippen LogP contribution in [0.4, 0.5) is 11.4 Å². The van der Waals surface area contributed by atoms with E-state index >= 15 is 0 Å². The van der Waals surface area contributed by atoms with Crippen molar-refractivity contribution in [2.75, 3.05) is 18.7 Å². The number of carbonyl (C=O) groups excluding carboxylic acids is 1. The number of ether oxygens (including phenoxy) is 1. The maximum atomic E-state index is 12.7. The highest BCUT2D eigenvalue weighted by atomic mass is 35.5. The summed E-state index contributed by atoms with van der Waals surface area (Å²) in [5, 5.41) is 14.5. The van der Waals surface area contributed by atoms with E-state index < -0.39 is 10.8 Å². The quantitative estimate of drug-likeness (QED) is 0.361. The Bertz CT molecular complexity index is 1040. The number of nitrogens with zero attached hydrogens (tertiary/aromatic N) is 3. The van der Waals surface area contributed by atoms with Crippen LogP contribution in [-0.2, 0) is 0 Å². The molecule has 0 saturated carbocycles. The number of hydrogen-bond acceptors (Lipinski definition) is 6. The van der Waals surface area contributed by atoms with E-state index in [1.165, 1.54) is 31.0 Å². The number of rotatable bonds is 6. The lowest BCUT2D eigenvalue weighted by atomic mass is 10.1. The van der Waals surface area contributed by atoms with Crippen molar-refractivity contribution in [3.8, 4) is 11.4 Å². The number of nitrogens with one attached hydrogen (secondary N) is 1. The molecule has 1 aromatic heterocycles. The molecule has 0 bridgehead atoms. The summed E-state index contributed by atoms with van der Waals surface area (Å²) in [6.45, 7) is 0. The normalized spacial score (nSPS) is 10.5. The van der Waals surface area contributed by atoms with Gasteiger partial charge in [0.1, 0.15) is 11.3 Å². The zero-order valence-corrected chi connectivity index (χ0v) is 16.5. The molecule has 2 aromatic carbocycles. The molecular formula is C18H15ClN4O4S. The summed E-state index contributed by atoms with van der Waals surface area (Å²) in [6, 6.07) is 7.63. The van der Waals surface area contributed by atoms with Gasteiger partial charge in [-0.2, -0.15) is 0 Å². The highest BCUT2D eigenvalue weighted by Gasteiger charge is 2.24. The van der Waals surface area contributed by atoms with E-state index in [-0.39, 0.29) is 11.3 Å². The SMILES string of the molecule is COc1cc([N+](=O)[O-])c(C(=O)Nc2ccc(-n3ccnc3)c(Cl)c2)cc1SC. The van der Waals surface area contributed by atoms with Crippen LogP contribution in [0.2, 0.25) is 5.02 Å². The second-order valence-electron chi connectivity index (χ2n) is 5.57. The Morgan fingerprint density at radius 1 is 1.36 bits per heavy atom. The maximum absolute atomic E-state index is 12.7. The van der Waals surface area contributed by atoms with Gasteiger partial charge in [0.2, 0.25) is 0 Å². The molecule has 8 nitrogen and oxygen atoms in total. The van der Waals surface area contributed by atoms with Crippen LogP contribution in [0.3, 0.4) is 0 Å². The van der Waals surface area contributed by atoms with Gasteiger partial charge in [0.15, 0.2) is 0 Å². The van der Waals surface area contributed by atoms with Crippen molar-refractivity contribution in [3.05, 3.63) is 69.8 Å². The van der Waals surface area contributed by atoms with Gasteiger partial charge in [-0.1, -0.05) is 11.6 Å². The zero-order chi connectivity index (χ0) is 20.3.